The van der Waals surface area contributed by atoms with Crippen molar-refractivity contribution in [3.8, 4) is 0 Å². The summed E-state index contributed by atoms with van der Waals surface area (Å²) < 4.78 is 0. The molecule has 26 heavy (non-hydrogen) atoms. The molecule has 2 aliphatic carbocycles. The third-order valence-electron chi connectivity index (χ3n) is 5.23. The van der Waals surface area contributed by atoms with E-state index in [4.69, 9.17) is 4.99 Å². The molecule has 0 aromatic heterocycles. The number of aliphatic hydroxyl groups excluding tert-OH is 2. The largest absolute Gasteiger partial charge is 0.394 e. The van der Waals surface area contributed by atoms with Gasteiger partial charge in [-0.05, 0) is 31.6 Å². The molecule has 4 unspecified atom stereocenters. The number of carbonyl (C=O) groups is 1. The van der Waals surface area contributed by atoms with Crippen molar-refractivity contribution in [2.75, 3.05) is 6.61 Å². The summed E-state index contributed by atoms with van der Waals surface area (Å²) in [5.41, 5.74) is 2.92. The van der Waals surface area contributed by atoms with Gasteiger partial charge in [-0.2, -0.15) is 0 Å². The molecule has 0 bridgehead atoms. The summed E-state index contributed by atoms with van der Waals surface area (Å²) in [6, 6.07) is -0.693. The molecule has 4 atom stereocenters. The Kier molecular flexibility index (Phi) is 4.09. The number of fused-ring (bicyclic) bond motifs is 1. The van der Waals surface area contributed by atoms with Crippen LogP contribution in [0.5, 0.6) is 0 Å². The minimum absolute atomic E-state index is 0.237. The van der Waals surface area contributed by atoms with Gasteiger partial charge in [0.25, 0.3) is 0 Å². The number of hydrogen-bond acceptors (Lipinski definition) is 5. The zero-order valence-electron chi connectivity index (χ0n) is 14.5. The van der Waals surface area contributed by atoms with Crippen molar-refractivity contribution in [1.29, 1.82) is 0 Å². The first-order valence-electron chi connectivity index (χ1n) is 8.78. The number of amides is 1. The van der Waals surface area contributed by atoms with Gasteiger partial charge < -0.3 is 15.5 Å². The highest BCUT2D eigenvalue weighted by Gasteiger charge is 2.47. The standard InChI is InChI=1S/C20H21N3O3/c1-12(25)16(11-24)22-19(26)14-6-4-5-13-15-8-10-21-17-7-2-3-9-20(15,17)23-18(13)14/h2-5,7-10,12,14,16,24-25H,6,11H2,1H3,(H,22,26). The van der Waals surface area contributed by atoms with Crippen LogP contribution in [0.25, 0.3) is 0 Å². The van der Waals surface area contributed by atoms with Gasteiger partial charge in [0, 0.05) is 17.3 Å². The number of aliphatic hydroxyl groups is 2. The van der Waals surface area contributed by atoms with Gasteiger partial charge in [0.05, 0.1) is 36.1 Å². The van der Waals surface area contributed by atoms with Crippen LogP contribution in [0, 0.1) is 5.92 Å². The molecular formula is C20H21N3O3. The molecule has 1 spiro atoms. The number of nitrogens with zero attached hydrogens (tertiary/aromatic N) is 2. The van der Waals surface area contributed by atoms with E-state index in [0.717, 1.165) is 22.6 Å². The minimum Gasteiger partial charge on any atom is -0.394 e. The Bertz CT molecular complexity index is 858. The summed E-state index contributed by atoms with van der Waals surface area (Å²) in [7, 11) is 0. The Morgan fingerprint density at radius 3 is 3.00 bits per heavy atom. The summed E-state index contributed by atoms with van der Waals surface area (Å²) in [6.45, 7) is 1.23. The van der Waals surface area contributed by atoms with E-state index in [-0.39, 0.29) is 12.5 Å². The van der Waals surface area contributed by atoms with Crippen LogP contribution in [0.3, 0.4) is 0 Å². The third kappa shape index (κ3) is 2.45. The molecule has 0 aromatic carbocycles. The highest BCUT2D eigenvalue weighted by atomic mass is 16.3. The first-order valence-corrected chi connectivity index (χ1v) is 8.78. The normalized spacial score (nSPS) is 30.2. The summed E-state index contributed by atoms with van der Waals surface area (Å²) in [5.74, 6) is -0.691. The molecule has 0 saturated carbocycles. The molecule has 4 rings (SSSR count). The molecule has 0 aromatic rings. The Morgan fingerprint density at radius 1 is 1.38 bits per heavy atom. The van der Waals surface area contributed by atoms with Crippen LogP contribution in [0.1, 0.15) is 13.3 Å². The summed E-state index contributed by atoms with van der Waals surface area (Å²) >= 11 is 0. The Balaban J connectivity index is 1.71. The van der Waals surface area contributed by atoms with E-state index < -0.39 is 23.6 Å². The van der Waals surface area contributed by atoms with Crippen molar-refractivity contribution in [2.24, 2.45) is 15.9 Å². The molecule has 2 heterocycles. The topological polar surface area (TPSA) is 94.3 Å². The second-order valence-corrected chi connectivity index (χ2v) is 6.87. The lowest BCUT2D eigenvalue weighted by Crippen LogP contribution is -2.48. The van der Waals surface area contributed by atoms with Gasteiger partial charge in [-0.1, -0.05) is 24.3 Å². The Labute approximate surface area is 151 Å². The molecule has 134 valence electrons. The van der Waals surface area contributed by atoms with Crippen LogP contribution in [0.15, 0.2) is 69.9 Å². The number of carbonyl (C=O) groups excluding carboxylic acids is 1. The number of hydrogen-bond donors (Lipinski definition) is 3. The van der Waals surface area contributed by atoms with E-state index >= 15 is 0 Å². The average molecular weight is 351 g/mol. The van der Waals surface area contributed by atoms with Gasteiger partial charge in [0.2, 0.25) is 5.91 Å². The van der Waals surface area contributed by atoms with E-state index in [0.29, 0.717) is 6.42 Å². The SMILES string of the molecule is CC(O)C(CO)NC(=O)C1CC=CC2=C3C=CN=C4C=CC=CC43N=C21. The van der Waals surface area contributed by atoms with Gasteiger partial charge in [-0.15, -0.1) is 0 Å². The van der Waals surface area contributed by atoms with Gasteiger partial charge in [0.15, 0.2) is 0 Å². The van der Waals surface area contributed by atoms with Crippen LogP contribution in [-0.2, 0) is 4.79 Å². The quantitative estimate of drug-likeness (QED) is 0.705. The van der Waals surface area contributed by atoms with Crippen LogP contribution >= 0.6 is 0 Å². The molecule has 0 saturated heterocycles. The van der Waals surface area contributed by atoms with Gasteiger partial charge in [-0.3, -0.25) is 14.8 Å². The fourth-order valence-corrected chi connectivity index (χ4v) is 3.79. The molecule has 6 nitrogen and oxygen atoms in total. The van der Waals surface area contributed by atoms with Gasteiger partial charge in [-0.25, -0.2) is 0 Å². The zero-order chi connectivity index (χ0) is 18.3. The second-order valence-electron chi connectivity index (χ2n) is 6.87. The zero-order valence-corrected chi connectivity index (χ0v) is 14.5. The lowest BCUT2D eigenvalue weighted by molar-refractivity contribution is -0.124. The fraction of sp³-hybridized carbons (Fsp3) is 0.350. The number of aliphatic imine (C=N–C) groups is 2. The van der Waals surface area contributed by atoms with E-state index in [9.17, 15) is 15.0 Å². The lowest BCUT2D eigenvalue weighted by Gasteiger charge is -2.29. The molecule has 3 N–H and O–H groups in total. The molecule has 6 heteroatoms. The van der Waals surface area contributed by atoms with Crippen molar-refractivity contribution in [3.63, 3.8) is 0 Å². The van der Waals surface area contributed by atoms with Crippen LogP contribution < -0.4 is 5.32 Å². The number of rotatable bonds is 4. The first-order chi connectivity index (χ1) is 12.6. The summed E-state index contributed by atoms with van der Waals surface area (Å²) in [6.07, 6.45) is 15.3. The monoisotopic (exact) mass is 351 g/mol. The lowest BCUT2D eigenvalue weighted by atomic mass is 9.79. The fourth-order valence-electron chi connectivity index (χ4n) is 3.79. The van der Waals surface area contributed by atoms with Crippen LogP contribution in [0.2, 0.25) is 0 Å². The van der Waals surface area contributed by atoms with E-state index in [2.05, 4.69) is 10.3 Å². The maximum atomic E-state index is 12.8. The van der Waals surface area contributed by atoms with Crippen molar-refractivity contribution < 1.29 is 15.0 Å². The van der Waals surface area contributed by atoms with Crippen molar-refractivity contribution in [1.82, 2.24) is 5.32 Å². The summed E-state index contributed by atoms with van der Waals surface area (Å²) in [5, 5.41) is 21.8. The maximum absolute atomic E-state index is 12.8. The molecule has 0 radical (unpaired) electrons. The average Bonchev–Trinajstić information content (AvgIpc) is 2.98. The first kappa shape index (κ1) is 16.9. The van der Waals surface area contributed by atoms with Crippen molar-refractivity contribution in [2.45, 2.75) is 31.0 Å². The number of allylic oxidation sites excluding steroid dienone is 5. The highest BCUT2D eigenvalue weighted by Crippen LogP contribution is 2.43. The number of nitrogens with one attached hydrogen (secondary N) is 1. The maximum Gasteiger partial charge on any atom is 0.229 e. The Hall–Kier alpha value is -2.57. The van der Waals surface area contributed by atoms with Crippen LogP contribution in [0.4, 0.5) is 0 Å². The molecule has 4 aliphatic rings. The van der Waals surface area contributed by atoms with Crippen molar-refractivity contribution >= 4 is 17.3 Å². The predicted molar refractivity (Wildman–Crippen MR) is 100.0 cm³/mol. The third-order valence-corrected chi connectivity index (χ3v) is 5.23. The van der Waals surface area contributed by atoms with Gasteiger partial charge >= 0.3 is 0 Å². The molecular weight excluding hydrogens is 330 g/mol. The van der Waals surface area contributed by atoms with E-state index in [1.54, 1.807) is 13.1 Å². The molecule has 1 amide bonds. The van der Waals surface area contributed by atoms with Gasteiger partial charge in [0.1, 0.15) is 5.54 Å². The smallest absolute Gasteiger partial charge is 0.229 e. The predicted octanol–water partition coefficient (Wildman–Crippen LogP) is 1.00. The molecule has 0 fully saturated rings. The molecule has 2 aliphatic heterocycles. The summed E-state index contributed by atoms with van der Waals surface area (Å²) in [4.78, 5) is 22.2. The highest BCUT2D eigenvalue weighted by molar-refractivity contribution is 6.23. The van der Waals surface area contributed by atoms with E-state index in [1.807, 2.05) is 42.5 Å². The van der Waals surface area contributed by atoms with Crippen LogP contribution in [-0.4, -0.2) is 51.8 Å². The van der Waals surface area contributed by atoms with Crippen molar-refractivity contribution in [3.05, 3.63) is 59.9 Å². The second kappa shape index (κ2) is 6.30. The Morgan fingerprint density at radius 2 is 2.23 bits per heavy atom. The van der Waals surface area contributed by atoms with E-state index in [1.165, 1.54) is 0 Å². The minimum atomic E-state index is -0.833.